The van der Waals surface area contributed by atoms with Crippen molar-refractivity contribution < 1.29 is 15.2 Å². The summed E-state index contributed by atoms with van der Waals surface area (Å²) < 4.78 is 10.8. The Morgan fingerprint density at radius 3 is 2.30 bits per heavy atom. The van der Waals surface area contributed by atoms with Crippen LogP contribution >= 0.6 is 0 Å². The lowest BCUT2D eigenvalue weighted by Crippen LogP contribution is -2.39. The van der Waals surface area contributed by atoms with Gasteiger partial charge in [0.15, 0.2) is 11.5 Å². The van der Waals surface area contributed by atoms with E-state index in [1.807, 2.05) is 0 Å². The van der Waals surface area contributed by atoms with Gasteiger partial charge in [0.05, 0.1) is 14.2 Å². The molecular weight excluding hydrogens is 288 g/mol. The maximum atomic E-state index is 5.43. The van der Waals surface area contributed by atoms with E-state index in [1.54, 1.807) is 14.2 Å². The minimum Gasteiger partial charge on any atom is -0.493 e. The number of nitrogens with zero attached hydrogens (tertiary/aromatic N) is 1. The van der Waals surface area contributed by atoms with Crippen molar-refractivity contribution in [2.24, 2.45) is 0 Å². The van der Waals surface area contributed by atoms with Gasteiger partial charge >= 0.3 is 0 Å². The lowest BCUT2D eigenvalue weighted by atomic mass is 9.98. The largest absolute Gasteiger partial charge is 0.493 e. The van der Waals surface area contributed by atoms with E-state index >= 15 is 0 Å². The fourth-order valence-electron chi connectivity index (χ4n) is 3.13. The topological polar surface area (TPSA) is 49.3 Å². The Kier molecular flexibility index (Phi) is 4.84. The van der Waals surface area contributed by atoms with Crippen LogP contribution in [0, 0.1) is 0 Å². The molecule has 4 heteroatoms. The van der Waals surface area contributed by atoms with Gasteiger partial charge in [-0.3, -0.25) is 4.90 Å². The van der Waals surface area contributed by atoms with Crippen molar-refractivity contribution >= 4 is 5.69 Å². The molecule has 0 fully saturated rings. The Morgan fingerprint density at radius 2 is 1.65 bits per heavy atom. The molecule has 1 aliphatic heterocycles. The van der Waals surface area contributed by atoms with Crippen LogP contribution in [0.1, 0.15) is 16.7 Å². The number of ether oxygens (including phenoxy) is 2. The van der Waals surface area contributed by atoms with Crippen molar-refractivity contribution in [2.45, 2.75) is 19.4 Å². The molecule has 0 aromatic heterocycles. The predicted octanol–water partition coefficient (Wildman–Crippen LogP) is 2.18. The Balaban J connectivity index is 1.66. The normalized spacial score (nSPS) is 14.4. The second-order valence-corrected chi connectivity index (χ2v) is 6.07. The summed E-state index contributed by atoms with van der Waals surface area (Å²) in [5.74, 6) is 1.65. The van der Waals surface area contributed by atoms with Crippen LogP contribution in [0.5, 0.6) is 11.5 Å². The maximum Gasteiger partial charge on any atom is 0.161 e. The van der Waals surface area contributed by atoms with E-state index in [0.717, 1.165) is 49.7 Å². The van der Waals surface area contributed by atoms with Crippen LogP contribution in [-0.4, -0.2) is 32.2 Å². The zero-order valence-electron chi connectivity index (χ0n) is 14.0. The molecule has 0 atom stereocenters. The van der Waals surface area contributed by atoms with Crippen LogP contribution in [-0.2, 0) is 19.4 Å². The average molecular weight is 313 g/mol. The maximum absolute atomic E-state index is 5.43. The third-order valence-corrected chi connectivity index (χ3v) is 4.54. The van der Waals surface area contributed by atoms with Crippen molar-refractivity contribution in [1.29, 1.82) is 0 Å². The van der Waals surface area contributed by atoms with Crippen LogP contribution in [0.15, 0.2) is 36.4 Å². The lowest BCUT2D eigenvalue weighted by Gasteiger charge is -2.29. The summed E-state index contributed by atoms with van der Waals surface area (Å²) in [5.41, 5.74) is 9.10. The molecule has 0 amide bonds. The van der Waals surface area contributed by atoms with Crippen LogP contribution in [0.4, 0.5) is 5.69 Å². The van der Waals surface area contributed by atoms with E-state index < -0.39 is 0 Å². The first-order valence-corrected chi connectivity index (χ1v) is 8.06. The first-order valence-electron chi connectivity index (χ1n) is 8.06. The highest BCUT2D eigenvalue weighted by Gasteiger charge is 2.19. The number of hydrogen-bond donors (Lipinski definition) is 1. The minimum absolute atomic E-state index is 0.819. The fraction of sp³-hybridized carbons (Fsp3) is 0.368. The van der Waals surface area contributed by atoms with Gasteiger partial charge in [-0.2, -0.15) is 0 Å². The zero-order valence-corrected chi connectivity index (χ0v) is 14.0. The number of rotatable bonds is 5. The van der Waals surface area contributed by atoms with Gasteiger partial charge in [0, 0.05) is 19.6 Å². The number of fused-ring (bicyclic) bond motifs is 1. The van der Waals surface area contributed by atoms with Crippen LogP contribution < -0.4 is 15.2 Å². The van der Waals surface area contributed by atoms with E-state index in [0.29, 0.717) is 0 Å². The Hall–Kier alpha value is -2.04. The fourth-order valence-corrected chi connectivity index (χ4v) is 3.13. The van der Waals surface area contributed by atoms with E-state index in [-0.39, 0.29) is 0 Å². The predicted molar refractivity (Wildman–Crippen MR) is 91.2 cm³/mol. The van der Waals surface area contributed by atoms with E-state index in [1.165, 1.54) is 16.7 Å². The molecule has 1 aliphatic rings. The standard InChI is InChI=1S/C19H24N2O2/c1-22-18-11-15-8-10-21(13-16(15)12-19(18)23-2)9-7-14-3-5-17(20)6-4-14/h3-6,11-12H,7-10,13,20H2,1-2H3/p+1. The molecule has 0 aliphatic carbocycles. The number of benzene rings is 2. The Bertz CT molecular complexity index is 668. The third-order valence-electron chi connectivity index (χ3n) is 4.54. The third kappa shape index (κ3) is 3.66. The van der Waals surface area contributed by atoms with Crippen molar-refractivity contribution in [3.63, 3.8) is 0 Å². The highest BCUT2D eigenvalue weighted by atomic mass is 16.5. The first kappa shape index (κ1) is 15.8. The van der Waals surface area contributed by atoms with Gasteiger partial charge in [-0.25, -0.2) is 0 Å². The van der Waals surface area contributed by atoms with Crippen LogP contribution in [0.25, 0.3) is 0 Å². The molecule has 0 unspecified atom stereocenters. The smallest absolute Gasteiger partial charge is 0.161 e. The Labute approximate surface area is 137 Å². The molecule has 1 heterocycles. The van der Waals surface area contributed by atoms with Crippen LogP contribution in [0.3, 0.4) is 0 Å². The minimum atomic E-state index is 0.819. The van der Waals surface area contributed by atoms with Gasteiger partial charge in [-0.05, 0) is 53.8 Å². The number of hydrogen-bond acceptors (Lipinski definition) is 3. The molecule has 0 saturated carbocycles. The molecule has 23 heavy (non-hydrogen) atoms. The van der Waals surface area contributed by atoms with Crippen molar-refractivity contribution in [1.82, 2.24) is 4.90 Å². The monoisotopic (exact) mass is 313 g/mol. The summed E-state index contributed by atoms with van der Waals surface area (Å²) >= 11 is 0. The van der Waals surface area contributed by atoms with Crippen LogP contribution in [0.2, 0.25) is 0 Å². The Morgan fingerprint density at radius 1 is 1.00 bits per heavy atom. The molecule has 3 N–H and O–H groups in total. The molecule has 4 nitrogen and oxygen atoms in total. The van der Waals surface area contributed by atoms with Crippen molar-refractivity contribution in [3.05, 3.63) is 53.1 Å². The van der Waals surface area contributed by atoms with Crippen molar-refractivity contribution in [2.75, 3.05) is 27.3 Å². The summed E-state index contributed by atoms with van der Waals surface area (Å²) in [6, 6.07) is 12.8. The molecule has 2 aromatic rings. The summed E-state index contributed by atoms with van der Waals surface area (Å²) in [4.78, 5) is 2.51. The SMILES string of the molecule is COc1cc2c(cc1OC)CN(CCc1ccc([NH3+])cc1)CC2. The summed E-state index contributed by atoms with van der Waals surface area (Å²) in [6.07, 6.45) is 2.14. The van der Waals surface area contributed by atoms with Gasteiger partial charge < -0.3 is 15.2 Å². The molecule has 122 valence electrons. The second-order valence-electron chi connectivity index (χ2n) is 6.07. The zero-order chi connectivity index (χ0) is 16.2. The number of quaternary nitrogens is 1. The van der Waals surface area contributed by atoms with Gasteiger partial charge in [0.1, 0.15) is 5.69 Å². The molecule has 0 saturated heterocycles. The van der Waals surface area contributed by atoms with Gasteiger partial charge in [0.2, 0.25) is 0 Å². The summed E-state index contributed by atoms with van der Waals surface area (Å²) in [6.45, 7) is 3.14. The molecule has 0 spiro atoms. The number of methoxy groups -OCH3 is 2. The van der Waals surface area contributed by atoms with E-state index in [2.05, 4.69) is 47.0 Å². The quantitative estimate of drug-likeness (QED) is 0.920. The van der Waals surface area contributed by atoms with E-state index in [4.69, 9.17) is 9.47 Å². The molecule has 2 aromatic carbocycles. The highest BCUT2D eigenvalue weighted by molar-refractivity contribution is 5.48. The van der Waals surface area contributed by atoms with Crippen molar-refractivity contribution in [3.8, 4) is 11.5 Å². The van der Waals surface area contributed by atoms with Gasteiger partial charge in [-0.1, -0.05) is 12.1 Å². The van der Waals surface area contributed by atoms with Gasteiger partial charge in [0.25, 0.3) is 0 Å². The molecule has 0 radical (unpaired) electrons. The lowest BCUT2D eigenvalue weighted by molar-refractivity contribution is -0.254. The molecule has 3 rings (SSSR count). The molecular formula is C19H25N2O2+. The summed E-state index contributed by atoms with van der Waals surface area (Å²) in [5, 5.41) is 0. The average Bonchev–Trinajstić information content (AvgIpc) is 2.59. The second kappa shape index (κ2) is 7.02. The molecule has 0 bridgehead atoms. The summed E-state index contributed by atoms with van der Waals surface area (Å²) in [7, 11) is 3.38. The van der Waals surface area contributed by atoms with E-state index in [9.17, 15) is 0 Å². The highest BCUT2D eigenvalue weighted by Crippen LogP contribution is 2.33. The first-order chi connectivity index (χ1) is 11.2. The van der Waals surface area contributed by atoms with Gasteiger partial charge in [-0.15, -0.1) is 0 Å².